The van der Waals surface area contributed by atoms with Crippen molar-refractivity contribution in [2.75, 3.05) is 0 Å². The fraction of sp³-hybridized carbons (Fsp3) is 0.192. The van der Waals surface area contributed by atoms with Gasteiger partial charge in [-0.3, -0.25) is 0 Å². The van der Waals surface area contributed by atoms with Gasteiger partial charge in [-0.1, -0.05) is 84.9 Å². The van der Waals surface area contributed by atoms with Crippen molar-refractivity contribution >= 4 is 29.6 Å². The highest BCUT2D eigenvalue weighted by Crippen LogP contribution is 2.24. The standard InChI is InChI=1S/C26H25ClN4OS/c1-2-8-25-29-30-26(33-19-21-13-15-23(27)16-14-21)31(25)28-17-22-11-6-7-12-24(22)32-18-20-9-4-3-5-10-20/h3-7,9-17H,2,8,18-19H2,1H3/b28-17+. The van der Waals surface area contributed by atoms with Crippen LogP contribution in [0.4, 0.5) is 0 Å². The zero-order valence-electron chi connectivity index (χ0n) is 18.4. The van der Waals surface area contributed by atoms with Gasteiger partial charge < -0.3 is 4.74 Å². The van der Waals surface area contributed by atoms with Gasteiger partial charge in [0.15, 0.2) is 5.82 Å². The number of halogens is 1. The van der Waals surface area contributed by atoms with Gasteiger partial charge in [0.1, 0.15) is 12.4 Å². The van der Waals surface area contributed by atoms with E-state index in [2.05, 4.69) is 29.3 Å². The Bertz CT molecular complexity index is 1190. The number of ether oxygens (including phenoxy) is 1. The lowest BCUT2D eigenvalue weighted by Crippen LogP contribution is -2.02. The van der Waals surface area contributed by atoms with Crippen LogP contribution in [0.15, 0.2) is 89.1 Å². The Kier molecular flexibility index (Phi) is 8.17. The van der Waals surface area contributed by atoms with Crippen molar-refractivity contribution in [3.05, 3.63) is 106 Å². The number of aryl methyl sites for hydroxylation is 1. The fourth-order valence-electron chi connectivity index (χ4n) is 3.18. The van der Waals surface area contributed by atoms with Crippen molar-refractivity contribution in [1.82, 2.24) is 14.9 Å². The summed E-state index contributed by atoms with van der Waals surface area (Å²) in [6, 6.07) is 25.9. The van der Waals surface area contributed by atoms with Crippen LogP contribution in [-0.2, 0) is 18.8 Å². The van der Waals surface area contributed by atoms with Crippen molar-refractivity contribution < 1.29 is 4.74 Å². The third kappa shape index (κ3) is 6.46. The molecule has 0 saturated carbocycles. The second kappa shape index (κ2) is 11.7. The third-order valence-electron chi connectivity index (χ3n) is 4.90. The number of hydrogen-bond acceptors (Lipinski definition) is 5. The number of thioether (sulfide) groups is 1. The summed E-state index contributed by atoms with van der Waals surface area (Å²) in [5.74, 6) is 2.38. The van der Waals surface area contributed by atoms with Gasteiger partial charge in [-0.05, 0) is 41.8 Å². The monoisotopic (exact) mass is 476 g/mol. The molecule has 0 spiro atoms. The van der Waals surface area contributed by atoms with Crippen LogP contribution < -0.4 is 4.74 Å². The first kappa shape index (κ1) is 23.1. The average Bonchev–Trinajstić information content (AvgIpc) is 3.23. The number of hydrogen-bond donors (Lipinski definition) is 0. The third-order valence-corrected chi connectivity index (χ3v) is 6.14. The summed E-state index contributed by atoms with van der Waals surface area (Å²) in [4.78, 5) is 0. The molecular formula is C26H25ClN4OS. The number of rotatable bonds is 10. The van der Waals surface area contributed by atoms with Crippen LogP contribution in [0.3, 0.4) is 0 Å². The van der Waals surface area contributed by atoms with E-state index in [-0.39, 0.29) is 0 Å². The van der Waals surface area contributed by atoms with E-state index in [0.29, 0.717) is 6.61 Å². The molecule has 168 valence electrons. The molecule has 0 radical (unpaired) electrons. The summed E-state index contributed by atoms with van der Waals surface area (Å²) in [5, 5.41) is 15.0. The molecule has 4 aromatic rings. The molecule has 0 aliphatic heterocycles. The molecule has 0 aliphatic carbocycles. The molecule has 1 aromatic heterocycles. The Morgan fingerprint density at radius 1 is 0.939 bits per heavy atom. The van der Waals surface area contributed by atoms with Gasteiger partial charge in [0.25, 0.3) is 0 Å². The van der Waals surface area contributed by atoms with Gasteiger partial charge in [-0.25, -0.2) is 0 Å². The van der Waals surface area contributed by atoms with Crippen molar-refractivity contribution in [3.63, 3.8) is 0 Å². The molecule has 5 nitrogen and oxygen atoms in total. The van der Waals surface area contributed by atoms with Gasteiger partial charge in [-0.15, -0.1) is 10.2 Å². The molecule has 0 atom stereocenters. The van der Waals surface area contributed by atoms with E-state index in [1.54, 1.807) is 11.8 Å². The van der Waals surface area contributed by atoms with Gasteiger partial charge in [-0.2, -0.15) is 9.78 Å². The van der Waals surface area contributed by atoms with E-state index in [1.165, 1.54) is 5.56 Å². The van der Waals surface area contributed by atoms with Gasteiger partial charge in [0, 0.05) is 22.8 Å². The van der Waals surface area contributed by atoms with Crippen LogP contribution in [0.5, 0.6) is 5.75 Å². The first-order chi connectivity index (χ1) is 16.2. The SMILES string of the molecule is CCCc1nnc(SCc2ccc(Cl)cc2)n1/N=C/c1ccccc1OCc1ccccc1. The smallest absolute Gasteiger partial charge is 0.212 e. The summed E-state index contributed by atoms with van der Waals surface area (Å²) in [5.41, 5.74) is 3.19. The number of para-hydroxylation sites is 1. The molecule has 0 amide bonds. The summed E-state index contributed by atoms with van der Waals surface area (Å²) >= 11 is 7.60. The quantitative estimate of drug-likeness (QED) is 0.190. The van der Waals surface area contributed by atoms with Gasteiger partial charge >= 0.3 is 0 Å². The minimum Gasteiger partial charge on any atom is -0.488 e. The van der Waals surface area contributed by atoms with Crippen LogP contribution in [-0.4, -0.2) is 21.1 Å². The highest BCUT2D eigenvalue weighted by atomic mass is 35.5. The average molecular weight is 477 g/mol. The lowest BCUT2D eigenvalue weighted by Gasteiger charge is -2.09. The van der Waals surface area contributed by atoms with Crippen molar-refractivity contribution in [1.29, 1.82) is 0 Å². The number of nitrogens with zero attached hydrogens (tertiary/aromatic N) is 4. The summed E-state index contributed by atoms with van der Waals surface area (Å²) < 4.78 is 7.90. The van der Waals surface area contributed by atoms with E-state index >= 15 is 0 Å². The molecule has 33 heavy (non-hydrogen) atoms. The Labute approximate surface area is 203 Å². The molecule has 0 bridgehead atoms. The summed E-state index contributed by atoms with van der Waals surface area (Å²) in [6.07, 6.45) is 3.58. The number of aromatic nitrogens is 3. The van der Waals surface area contributed by atoms with Crippen molar-refractivity contribution in [3.8, 4) is 5.75 Å². The van der Waals surface area contributed by atoms with E-state index in [4.69, 9.17) is 21.4 Å². The second-order valence-electron chi connectivity index (χ2n) is 7.43. The highest BCUT2D eigenvalue weighted by molar-refractivity contribution is 7.98. The molecule has 0 fully saturated rings. The highest BCUT2D eigenvalue weighted by Gasteiger charge is 2.12. The lowest BCUT2D eigenvalue weighted by atomic mass is 10.2. The van der Waals surface area contributed by atoms with Crippen LogP contribution in [0.2, 0.25) is 5.02 Å². The van der Waals surface area contributed by atoms with Crippen LogP contribution >= 0.6 is 23.4 Å². The molecule has 1 heterocycles. The van der Waals surface area contributed by atoms with E-state index in [9.17, 15) is 0 Å². The molecule has 4 rings (SSSR count). The molecule has 0 N–H and O–H groups in total. The molecule has 3 aromatic carbocycles. The molecule has 0 aliphatic rings. The Morgan fingerprint density at radius 2 is 1.70 bits per heavy atom. The van der Waals surface area contributed by atoms with E-state index in [0.717, 1.165) is 51.5 Å². The molecule has 0 saturated heterocycles. The molecular weight excluding hydrogens is 452 g/mol. The molecule has 7 heteroatoms. The zero-order valence-corrected chi connectivity index (χ0v) is 20.0. The fourth-order valence-corrected chi connectivity index (χ4v) is 4.17. The number of benzene rings is 3. The predicted molar refractivity (Wildman–Crippen MR) is 135 cm³/mol. The first-order valence-corrected chi connectivity index (χ1v) is 12.2. The maximum atomic E-state index is 6.07. The van der Waals surface area contributed by atoms with Gasteiger partial charge in [0.05, 0.1) is 6.21 Å². The summed E-state index contributed by atoms with van der Waals surface area (Å²) in [7, 11) is 0. The second-order valence-corrected chi connectivity index (χ2v) is 8.81. The zero-order chi connectivity index (χ0) is 22.9. The minimum absolute atomic E-state index is 0.502. The Balaban J connectivity index is 1.52. The normalized spacial score (nSPS) is 11.2. The topological polar surface area (TPSA) is 52.3 Å². The van der Waals surface area contributed by atoms with E-state index in [1.807, 2.05) is 77.6 Å². The summed E-state index contributed by atoms with van der Waals surface area (Å²) in [6.45, 7) is 2.62. The van der Waals surface area contributed by atoms with Gasteiger partial charge in [0.2, 0.25) is 5.16 Å². The Morgan fingerprint density at radius 3 is 2.48 bits per heavy atom. The lowest BCUT2D eigenvalue weighted by molar-refractivity contribution is 0.306. The largest absolute Gasteiger partial charge is 0.488 e. The van der Waals surface area contributed by atoms with Crippen LogP contribution in [0.25, 0.3) is 0 Å². The van der Waals surface area contributed by atoms with Crippen LogP contribution in [0, 0.1) is 0 Å². The molecule has 0 unspecified atom stereocenters. The minimum atomic E-state index is 0.502. The maximum absolute atomic E-state index is 6.07. The van der Waals surface area contributed by atoms with Crippen LogP contribution in [0.1, 0.15) is 35.9 Å². The first-order valence-electron chi connectivity index (χ1n) is 10.8. The maximum Gasteiger partial charge on any atom is 0.212 e. The predicted octanol–water partition coefficient (Wildman–Crippen LogP) is 6.64. The van der Waals surface area contributed by atoms with Crippen molar-refractivity contribution in [2.24, 2.45) is 5.10 Å². The Hall–Kier alpha value is -3.09. The van der Waals surface area contributed by atoms with E-state index < -0.39 is 0 Å². The van der Waals surface area contributed by atoms with Crippen molar-refractivity contribution in [2.45, 2.75) is 37.3 Å².